The average Bonchev–Trinajstić information content (AvgIpc) is 2.53. The average molecular weight is 341 g/mol. The first kappa shape index (κ1) is 17.7. The van der Waals surface area contributed by atoms with E-state index in [-0.39, 0.29) is 25.0 Å². The number of rotatable bonds is 5. The molecule has 2 amide bonds. The number of aliphatic hydroxyl groups is 1. The van der Waals surface area contributed by atoms with E-state index in [2.05, 4.69) is 10.6 Å². The molecular formula is C16H21ClN2O4. The summed E-state index contributed by atoms with van der Waals surface area (Å²) in [5.74, 6) is -0.647. The first-order chi connectivity index (χ1) is 10.8. The van der Waals surface area contributed by atoms with Gasteiger partial charge in [0.2, 0.25) is 5.91 Å². The predicted octanol–water partition coefficient (Wildman–Crippen LogP) is 1.03. The van der Waals surface area contributed by atoms with E-state index in [0.29, 0.717) is 17.1 Å². The number of halogens is 1. The van der Waals surface area contributed by atoms with Gasteiger partial charge in [-0.2, -0.15) is 0 Å². The van der Waals surface area contributed by atoms with Crippen molar-refractivity contribution in [3.63, 3.8) is 0 Å². The van der Waals surface area contributed by atoms with Crippen molar-refractivity contribution in [3.8, 4) is 0 Å². The monoisotopic (exact) mass is 340 g/mol. The van der Waals surface area contributed by atoms with Crippen molar-refractivity contribution in [2.75, 3.05) is 19.8 Å². The van der Waals surface area contributed by atoms with Gasteiger partial charge in [-0.1, -0.05) is 43.6 Å². The van der Waals surface area contributed by atoms with Gasteiger partial charge in [-0.3, -0.25) is 9.59 Å². The van der Waals surface area contributed by atoms with Crippen LogP contribution in [-0.4, -0.2) is 42.8 Å². The van der Waals surface area contributed by atoms with Gasteiger partial charge in [-0.05, 0) is 11.6 Å². The Labute approximate surface area is 140 Å². The van der Waals surface area contributed by atoms with Crippen molar-refractivity contribution >= 4 is 23.4 Å². The van der Waals surface area contributed by atoms with Crippen molar-refractivity contribution in [1.29, 1.82) is 0 Å². The molecule has 3 N–H and O–H groups in total. The molecule has 0 saturated carbocycles. The number of carbonyl (C=O) groups is 2. The summed E-state index contributed by atoms with van der Waals surface area (Å²) in [6.07, 6.45) is -0.873. The molecule has 1 aromatic carbocycles. The van der Waals surface area contributed by atoms with Crippen LogP contribution in [0.2, 0.25) is 5.02 Å². The van der Waals surface area contributed by atoms with Crippen LogP contribution in [0, 0.1) is 5.41 Å². The zero-order chi connectivity index (χ0) is 17.0. The Hall–Kier alpha value is -1.63. The summed E-state index contributed by atoms with van der Waals surface area (Å²) in [7, 11) is 0. The van der Waals surface area contributed by atoms with Crippen molar-refractivity contribution in [3.05, 3.63) is 34.9 Å². The second-order valence-corrected chi connectivity index (χ2v) is 6.75. The molecule has 0 unspecified atom stereocenters. The van der Waals surface area contributed by atoms with E-state index in [9.17, 15) is 14.7 Å². The number of aliphatic hydroxyl groups excluding tert-OH is 1. The molecule has 1 aliphatic rings. The smallest absolute Gasteiger partial charge is 0.251 e. The summed E-state index contributed by atoms with van der Waals surface area (Å²) in [4.78, 5) is 24.1. The van der Waals surface area contributed by atoms with Gasteiger partial charge < -0.3 is 20.5 Å². The third kappa shape index (κ3) is 4.43. The van der Waals surface area contributed by atoms with E-state index in [1.807, 2.05) is 13.8 Å². The first-order valence-electron chi connectivity index (χ1n) is 7.38. The fraction of sp³-hybridized carbons (Fsp3) is 0.500. The number of amides is 2. The SMILES string of the molecule is CC(C)(CO)CNC(=O)[C@H]1OCC(=O)N[C@@H]1c1ccccc1Cl. The Kier molecular flexibility index (Phi) is 5.62. The minimum absolute atomic E-state index is 0.0521. The molecule has 7 heteroatoms. The van der Waals surface area contributed by atoms with Gasteiger partial charge in [-0.25, -0.2) is 0 Å². The lowest BCUT2D eigenvalue weighted by Crippen LogP contribution is -2.53. The molecule has 1 saturated heterocycles. The van der Waals surface area contributed by atoms with Gasteiger partial charge in [0.25, 0.3) is 5.91 Å². The fourth-order valence-corrected chi connectivity index (χ4v) is 2.48. The second kappa shape index (κ2) is 7.29. The third-order valence-corrected chi connectivity index (χ3v) is 4.03. The highest BCUT2D eigenvalue weighted by molar-refractivity contribution is 6.31. The molecule has 126 valence electrons. The molecule has 1 aliphatic heterocycles. The van der Waals surface area contributed by atoms with Crippen LogP contribution in [0.5, 0.6) is 0 Å². The molecule has 23 heavy (non-hydrogen) atoms. The first-order valence-corrected chi connectivity index (χ1v) is 7.76. The van der Waals surface area contributed by atoms with Gasteiger partial charge in [0.15, 0.2) is 6.10 Å². The number of nitrogens with one attached hydrogen (secondary N) is 2. The topological polar surface area (TPSA) is 87.7 Å². The van der Waals surface area contributed by atoms with Gasteiger partial charge in [0.1, 0.15) is 6.61 Å². The number of morpholine rings is 1. The fourth-order valence-electron chi connectivity index (χ4n) is 2.23. The Balaban J connectivity index is 2.16. The van der Waals surface area contributed by atoms with Crippen LogP contribution in [0.3, 0.4) is 0 Å². The van der Waals surface area contributed by atoms with E-state index in [1.54, 1.807) is 24.3 Å². The van der Waals surface area contributed by atoms with E-state index in [1.165, 1.54) is 0 Å². The second-order valence-electron chi connectivity index (χ2n) is 6.34. The van der Waals surface area contributed by atoms with Crippen molar-refractivity contribution in [2.24, 2.45) is 5.41 Å². The standard InChI is InChI=1S/C16H21ClN2O4/c1-16(2,9-20)8-18-15(22)14-13(19-12(21)7-23-14)10-5-3-4-6-11(10)17/h3-6,13-14,20H,7-9H2,1-2H3,(H,18,22)(H,19,21)/t13-,14+/m1/s1. The van der Waals surface area contributed by atoms with E-state index >= 15 is 0 Å². The molecule has 1 aromatic rings. The molecule has 0 bridgehead atoms. The van der Waals surface area contributed by atoms with Crippen LogP contribution < -0.4 is 10.6 Å². The normalized spacial score (nSPS) is 21.7. The lowest BCUT2D eigenvalue weighted by atomic mass is 9.94. The minimum atomic E-state index is -0.873. The summed E-state index contributed by atoms with van der Waals surface area (Å²) < 4.78 is 5.43. The predicted molar refractivity (Wildman–Crippen MR) is 86.0 cm³/mol. The highest BCUT2D eigenvalue weighted by Crippen LogP contribution is 2.28. The zero-order valence-electron chi connectivity index (χ0n) is 13.1. The van der Waals surface area contributed by atoms with E-state index in [0.717, 1.165) is 0 Å². The Morgan fingerprint density at radius 1 is 1.48 bits per heavy atom. The van der Waals surface area contributed by atoms with E-state index < -0.39 is 17.6 Å². The molecule has 0 spiro atoms. The Bertz CT molecular complexity index is 591. The number of hydrogen-bond acceptors (Lipinski definition) is 4. The maximum atomic E-state index is 12.5. The summed E-state index contributed by atoms with van der Waals surface area (Å²) in [5, 5.41) is 15.2. The lowest BCUT2D eigenvalue weighted by molar-refractivity contribution is -0.148. The molecule has 2 rings (SSSR count). The molecule has 6 nitrogen and oxygen atoms in total. The molecular weight excluding hydrogens is 320 g/mol. The summed E-state index contributed by atoms with van der Waals surface area (Å²) in [6.45, 7) is 3.74. The van der Waals surface area contributed by atoms with Crippen LogP contribution in [0.4, 0.5) is 0 Å². The van der Waals surface area contributed by atoms with Crippen molar-refractivity contribution < 1.29 is 19.4 Å². The van der Waals surface area contributed by atoms with Crippen LogP contribution >= 0.6 is 11.6 Å². The molecule has 0 radical (unpaired) electrons. The quantitative estimate of drug-likeness (QED) is 0.747. The van der Waals surface area contributed by atoms with Crippen molar-refractivity contribution in [1.82, 2.24) is 10.6 Å². The van der Waals surface area contributed by atoms with Gasteiger partial charge in [-0.15, -0.1) is 0 Å². The lowest BCUT2D eigenvalue weighted by Gasteiger charge is -2.33. The highest BCUT2D eigenvalue weighted by atomic mass is 35.5. The molecule has 1 fully saturated rings. The maximum Gasteiger partial charge on any atom is 0.251 e. The summed E-state index contributed by atoms with van der Waals surface area (Å²) >= 11 is 6.18. The van der Waals surface area contributed by atoms with Crippen LogP contribution in [0.15, 0.2) is 24.3 Å². The largest absolute Gasteiger partial charge is 0.396 e. The maximum absolute atomic E-state index is 12.5. The third-order valence-electron chi connectivity index (χ3n) is 3.68. The minimum Gasteiger partial charge on any atom is -0.396 e. The van der Waals surface area contributed by atoms with Gasteiger partial charge >= 0.3 is 0 Å². The van der Waals surface area contributed by atoms with Crippen LogP contribution in [-0.2, 0) is 14.3 Å². The molecule has 0 aromatic heterocycles. The number of carbonyl (C=O) groups excluding carboxylic acids is 2. The summed E-state index contributed by atoms with van der Waals surface area (Å²) in [6, 6.07) is 6.35. The molecule has 1 heterocycles. The zero-order valence-corrected chi connectivity index (χ0v) is 13.9. The highest BCUT2D eigenvalue weighted by Gasteiger charge is 2.37. The number of hydrogen-bond donors (Lipinski definition) is 3. The summed E-state index contributed by atoms with van der Waals surface area (Å²) in [5.41, 5.74) is 0.191. The Morgan fingerprint density at radius 2 is 2.17 bits per heavy atom. The molecule has 2 atom stereocenters. The van der Waals surface area contributed by atoms with Crippen molar-refractivity contribution in [2.45, 2.75) is 26.0 Å². The van der Waals surface area contributed by atoms with Gasteiger partial charge in [0.05, 0.1) is 6.04 Å². The number of ether oxygens (including phenoxy) is 1. The molecule has 0 aliphatic carbocycles. The van der Waals surface area contributed by atoms with Crippen LogP contribution in [0.1, 0.15) is 25.5 Å². The Morgan fingerprint density at radius 3 is 2.83 bits per heavy atom. The number of benzene rings is 1. The van der Waals surface area contributed by atoms with E-state index in [4.69, 9.17) is 16.3 Å². The van der Waals surface area contributed by atoms with Crippen LogP contribution in [0.25, 0.3) is 0 Å². The van der Waals surface area contributed by atoms with Gasteiger partial charge in [0, 0.05) is 23.6 Å².